The summed E-state index contributed by atoms with van der Waals surface area (Å²) in [5.41, 5.74) is 8.57. The van der Waals surface area contributed by atoms with Crippen molar-refractivity contribution >= 4 is 34.7 Å². The molecule has 5 nitrogen and oxygen atoms in total. The topological polar surface area (TPSA) is 44.3 Å². The molecule has 3 aromatic rings. The number of anilines is 4. The molecule has 4 aliphatic rings. The van der Waals surface area contributed by atoms with Crippen LogP contribution in [0.4, 0.5) is 23.1 Å². The van der Waals surface area contributed by atoms with Gasteiger partial charge >= 0.3 is 0 Å². The van der Waals surface area contributed by atoms with E-state index < -0.39 is 0 Å². The van der Waals surface area contributed by atoms with Crippen LogP contribution in [0.25, 0.3) is 0 Å². The molecule has 2 aliphatic carbocycles. The van der Waals surface area contributed by atoms with Gasteiger partial charge < -0.3 is 15.1 Å². The molecule has 2 saturated carbocycles. The summed E-state index contributed by atoms with van der Waals surface area (Å²) in [6, 6.07) is 13.3. The van der Waals surface area contributed by atoms with Crippen molar-refractivity contribution in [3.05, 3.63) is 69.9 Å². The van der Waals surface area contributed by atoms with Crippen LogP contribution in [0.2, 0.25) is 5.02 Å². The fourth-order valence-corrected chi connectivity index (χ4v) is 6.03. The highest BCUT2D eigenvalue weighted by Gasteiger charge is 2.52. The third-order valence-corrected chi connectivity index (χ3v) is 8.16. The molecular formula is C27H28ClN5. The molecule has 1 N–H and O–H groups in total. The summed E-state index contributed by atoms with van der Waals surface area (Å²) in [6.45, 7) is 3.09. The first kappa shape index (κ1) is 19.8. The van der Waals surface area contributed by atoms with E-state index >= 15 is 0 Å². The van der Waals surface area contributed by atoms with Crippen molar-refractivity contribution in [3.63, 3.8) is 0 Å². The Morgan fingerprint density at radius 3 is 2.82 bits per heavy atom. The van der Waals surface area contributed by atoms with Crippen molar-refractivity contribution in [3.8, 4) is 0 Å². The zero-order valence-electron chi connectivity index (χ0n) is 18.9. The van der Waals surface area contributed by atoms with Crippen LogP contribution in [0.1, 0.15) is 53.9 Å². The average molecular weight is 458 g/mol. The van der Waals surface area contributed by atoms with Crippen LogP contribution < -0.4 is 10.2 Å². The Hall–Kier alpha value is -2.63. The largest absolute Gasteiger partial charge is 0.324 e. The van der Waals surface area contributed by atoms with E-state index in [9.17, 15) is 0 Å². The fraction of sp³-hybridized carbons (Fsp3) is 0.407. The van der Waals surface area contributed by atoms with E-state index in [2.05, 4.69) is 63.5 Å². The molecule has 0 bridgehead atoms. The number of nitrogens with one attached hydrogen (secondary N) is 1. The molecule has 2 aliphatic heterocycles. The second-order valence-electron chi connectivity index (χ2n) is 10.3. The Bertz CT molecular complexity index is 1260. The van der Waals surface area contributed by atoms with E-state index in [1.807, 2.05) is 0 Å². The lowest BCUT2D eigenvalue weighted by Gasteiger charge is -2.28. The minimum atomic E-state index is 0.280. The summed E-state index contributed by atoms with van der Waals surface area (Å²) in [5, 5.41) is 4.11. The van der Waals surface area contributed by atoms with Crippen molar-refractivity contribution in [1.29, 1.82) is 0 Å². The van der Waals surface area contributed by atoms with Gasteiger partial charge in [-0.05, 0) is 85.5 Å². The van der Waals surface area contributed by atoms with Gasteiger partial charge in [-0.15, -0.1) is 0 Å². The molecule has 1 spiro atoms. The van der Waals surface area contributed by atoms with Gasteiger partial charge in [0.25, 0.3) is 0 Å². The van der Waals surface area contributed by atoms with Gasteiger partial charge in [0.15, 0.2) is 5.82 Å². The molecule has 0 unspecified atom stereocenters. The Kier molecular flexibility index (Phi) is 4.31. The highest BCUT2D eigenvalue weighted by atomic mass is 35.5. The number of hydrogen-bond donors (Lipinski definition) is 1. The Labute approximate surface area is 199 Å². The number of benzene rings is 2. The van der Waals surface area contributed by atoms with Crippen molar-refractivity contribution in [1.82, 2.24) is 14.9 Å². The first-order valence-electron chi connectivity index (χ1n) is 12.1. The molecule has 2 fully saturated rings. The van der Waals surface area contributed by atoms with E-state index in [4.69, 9.17) is 16.6 Å². The van der Waals surface area contributed by atoms with Crippen molar-refractivity contribution in [2.75, 3.05) is 30.4 Å². The number of nitrogens with zero attached hydrogens (tertiary/aromatic N) is 4. The number of fused-ring (bicyclic) bond motifs is 3. The lowest BCUT2D eigenvalue weighted by atomic mass is 9.91. The summed E-state index contributed by atoms with van der Waals surface area (Å²) < 4.78 is 0. The molecule has 0 saturated heterocycles. The molecule has 0 radical (unpaired) electrons. The summed E-state index contributed by atoms with van der Waals surface area (Å²) in [7, 11) is 2.20. The van der Waals surface area contributed by atoms with Crippen LogP contribution in [0.5, 0.6) is 0 Å². The molecule has 1 aromatic heterocycles. The first-order chi connectivity index (χ1) is 16.1. The molecule has 0 amide bonds. The summed E-state index contributed by atoms with van der Waals surface area (Å²) in [5.74, 6) is 2.13. The standard InChI is InChI=1S/C27H28ClN5/c1-32-11-8-20-18(15-32)12-19(13-21(20)17-6-7-17)30-26-29-14-23(28)25(31-26)33-16-27(9-10-27)22-4-2-3-5-24(22)33/h2-5,12-14,17H,6-11,15-16H2,1H3,(H,29,30,31). The zero-order valence-corrected chi connectivity index (χ0v) is 19.7. The minimum absolute atomic E-state index is 0.280. The number of aromatic nitrogens is 2. The second kappa shape index (κ2) is 7.18. The van der Waals surface area contributed by atoms with Gasteiger partial charge in [-0.1, -0.05) is 29.8 Å². The van der Waals surface area contributed by atoms with Gasteiger partial charge in [-0.3, -0.25) is 0 Å². The molecule has 2 aromatic carbocycles. The van der Waals surface area contributed by atoms with Crippen LogP contribution >= 0.6 is 11.6 Å². The Morgan fingerprint density at radius 2 is 2.00 bits per heavy atom. The van der Waals surface area contributed by atoms with Gasteiger partial charge in [-0.2, -0.15) is 4.98 Å². The van der Waals surface area contributed by atoms with E-state index in [1.165, 1.54) is 48.1 Å². The maximum atomic E-state index is 6.65. The summed E-state index contributed by atoms with van der Waals surface area (Å²) >= 11 is 6.65. The maximum Gasteiger partial charge on any atom is 0.229 e. The average Bonchev–Trinajstić information content (AvgIpc) is 3.73. The number of halogens is 1. The van der Waals surface area contributed by atoms with Gasteiger partial charge in [0.2, 0.25) is 5.95 Å². The minimum Gasteiger partial charge on any atom is -0.324 e. The van der Waals surface area contributed by atoms with E-state index in [0.717, 1.165) is 43.5 Å². The van der Waals surface area contributed by atoms with E-state index in [-0.39, 0.29) is 5.41 Å². The molecule has 33 heavy (non-hydrogen) atoms. The Morgan fingerprint density at radius 1 is 1.15 bits per heavy atom. The number of hydrogen-bond acceptors (Lipinski definition) is 5. The monoisotopic (exact) mass is 457 g/mol. The molecule has 7 rings (SSSR count). The lowest BCUT2D eigenvalue weighted by molar-refractivity contribution is 0.312. The summed E-state index contributed by atoms with van der Waals surface area (Å²) in [4.78, 5) is 14.1. The van der Waals surface area contributed by atoms with Crippen LogP contribution in [0.3, 0.4) is 0 Å². The molecule has 6 heteroatoms. The van der Waals surface area contributed by atoms with Crippen LogP contribution in [0.15, 0.2) is 42.6 Å². The Balaban J connectivity index is 1.24. The maximum absolute atomic E-state index is 6.65. The van der Waals surface area contributed by atoms with E-state index in [1.54, 1.807) is 11.8 Å². The quantitative estimate of drug-likeness (QED) is 0.526. The zero-order chi connectivity index (χ0) is 22.2. The highest BCUT2D eigenvalue weighted by Crippen LogP contribution is 2.58. The van der Waals surface area contributed by atoms with Gasteiger partial charge in [-0.25, -0.2) is 4.98 Å². The highest BCUT2D eigenvalue weighted by molar-refractivity contribution is 6.33. The van der Waals surface area contributed by atoms with Gasteiger partial charge in [0.1, 0.15) is 5.02 Å². The van der Waals surface area contributed by atoms with Crippen molar-refractivity contribution < 1.29 is 0 Å². The smallest absolute Gasteiger partial charge is 0.229 e. The normalized spacial score (nSPS) is 20.6. The SMILES string of the molecule is CN1CCc2c(cc(Nc3ncc(Cl)c(N4CC5(CC5)c5ccccc54)n3)cc2C2CC2)C1. The van der Waals surface area contributed by atoms with Crippen molar-refractivity contribution in [2.45, 2.75) is 50.0 Å². The predicted octanol–water partition coefficient (Wildman–Crippen LogP) is 5.92. The van der Waals surface area contributed by atoms with Crippen molar-refractivity contribution in [2.24, 2.45) is 0 Å². The van der Waals surface area contributed by atoms with Crippen LogP contribution in [-0.2, 0) is 18.4 Å². The van der Waals surface area contributed by atoms with Crippen LogP contribution in [-0.4, -0.2) is 35.0 Å². The molecule has 0 atom stereocenters. The molecule has 3 heterocycles. The third kappa shape index (κ3) is 3.32. The summed E-state index contributed by atoms with van der Waals surface area (Å²) in [6.07, 6.45) is 7.98. The molecular weight excluding hydrogens is 430 g/mol. The van der Waals surface area contributed by atoms with Crippen LogP contribution in [0, 0.1) is 0 Å². The van der Waals surface area contributed by atoms with E-state index in [0.29, 0.717) is 11.0 Å². The predicted molar refractivity (Wildman–Crippen MR) is 133 cm³/mol. The molecule has 168 valence electrons. The number of para-hydroxylation sites is 1. The second-order valence-corrected chi connectivity index (χ2v) is 10.7. The van der Waals surface area contributed by atoms with Gasteiger partial charge in [0, 0.05) is 36.4 Å². The number of likely N-dealkylation sites (N-methyl/N-ethyl adjacent to an activating group) is 1. The third-order valence-electron chi connectivity index (χ3n) is 7.90. The van der Waals surface area contributed by atoms with Gasteiger partial charge in [0.05, 0.1) is 6.20 Å². The fourth-order valence-electron chi connectivity index (χ4n) is 5.84. The number of rotatable bonds is 4. The lowest BCUT2D eigenvalue weighted by Crippen LogP contribution is -2.27. The first-order valence-corrected chi connectivity index (χ1v) is 12.5.